The average Bonchev–Trinajstić information content (AvgIpc) is 3.29. The Morgan fingerprint density at radius 1 is 0.824 bits per heavy atom. The first-order valence-electron chi connectivity index (χ1n) is 11.5. The van der Waals surface area contributed by atoms with Gasteiger partial charge in [-0.2, -0.15) is 0 Å². The summed E-state index contributed by atoms with van der Waals surface area (Å²) >= 11 is 7.64. The number of nitrogens with zero attached hydrogens (tertiary/aromatic N) is 2. The van der Waals surface area contributed by atoms with Crippen LogP contribution >= 0.6 is 23.4 Å². The van der Waals surface area contributed by atoms with E-state index in [1.165, 1.54) is 17.3 Å². The van der Waals surface area contributed by atoms with Crippen LogP contribution in [0.5, 0.6) is 0 Å². The maximum Gasteiger partial charge on any atom is 0.269 e. The van der Waals surface area contributed by atoms with Crippen molar-refractivity contribution in [2.75, 3.05) is 15.6 Å². The van der Waals surface area contributed by atoms with E-state index < -0.39 is 10.4 Å². The molecule has 1 spiro atoms. The maximum absolute atomic E-state index is 14.4. The van der Waals surface area contributed by atoms with Crippen molar-refractivity contribution in [1.29, 1.82) is 0 Å². The van der Waals surface area contributed by atoms with Crippen molar-refractivity contribution in [3.8, 4) is 0 Å². The molecule has 3 aliphatic heterocycles. The van der Waals surface area contributed by atoms with Crippen molar-refractivity contribution in [3.05, 3.63) is 94.5 Å². The number of carbonyl (C=O) groups is 2. The third kappa shape index (κ3) is 2.68. The van der Waals surface area contributed by atoms with E-state index in [2.05, 4.69) is 39.0 Å². The minimum absolute atomic E-state index is 0.0298. The number of para-hydroxylation sites is 2. The van der Waals surface area contributed by atoms with E-state index in [1.807, 2.05) is 59.5 Å². The minimum Gasteiger partial charge on any atom is -0.303 e. The molecule has 2 amide bonds. The molecule has 2 atom stereocenters. The third-order valence-electron chi connectivity index (χ3n) is 7.57. The first kappa shape index (κ1) is 21.8. The normalized spacial score (nSPS) is 26.9. The van der Waals surface area contributed by atoms with Gasteiger partial charge in [0.15, 0.2) is 0 Å². The van der Waals surface area contributed by atoms with Crippen molar-refractivity contribution in [2.24, 2.45) is 0 Å². The fourth-order valence-corrected chi connectivity index (χ4v) is 7.75. The molecule has 6 rings (SSSR count). The molecule has 1 fully saturated rings. The van der Waals surface area contributed by atoms with E-state index in [4.69, 9.17) is 11.6 Å². The molecule has 1 saturated heterocycles. The number of anilines is 2. The summed E-state index contributed by atoms with van der Waals surface area (Å²) in [6.07, 6.45) is 0.754. The number of thioether (sulfide) groups is 1. The summed E-state index contributed by atoms with van der Waals surface area (Å²) in [5.74, 6) is 0.200. The second kappa shape index (κ2) is 7.12. The lowest BCUT2D eigenvalue weighted by molar-refractivity contribution is -0.124. The molecule has 0 radical (unpaired) electrons. The van der Waals surface area contributed by atoms with Gasteiger partial charge < -0.3 is 4.90 Å². The molecule has 172 valence electrons. The summed E-state index contributed by atoms with van der Waals surface area (Å²) in [6.45, 7) is 6.51. The molecule has 3 aromatic carbocycles. The van der Waals surface area contributed by atoms with Gasteiger partial charge >= 0.3 is 0 Å². The fourth-order valence-electron chi connectivity index (χ4n) is 6.29. The molecule has 34 heavy (non-hydrogen) atoms. The van der Waals surface area contributed by atoms with Crippen LogP contribution in [0.25, 0.3) is 0 Å². The van der Waals surface area contributed by atoms with Gasteiger partial charge in [0.2, 0.25) is 10.8 Å². The van der Waals surface area contributed by atoms with E-state index in [0.717, 1.165) is 28.9 Å². The Hall–Kier alpha value is -2.76. The Morgan fingerprint density at radius 2 is 1.50 bits per heavy atom. The summed E-state index contributed by atoms with van der Waals surface area (Å²) in [5.41, 5.74) is 4.12. The van der Waals surface area contributed by atoms with Crippen LogP contribution in [0.1, 0.15) is 43.9 Å². The van der Waals surface area contributed by atoms with E-state index >= 15 is 0 Å². The van der Waals surface area contributed by atoms with Gasteiger partial charge in [0, 0.05) is 27.2 Å². The van der Waals surface area contributed by atoms with E-state index in [1.54, 1.807) is 4.90 Å². The van der Waals surface area contributed by atoms with Gasteiger partial charge in [-0.25, -0.2) is 0 Å². The summed E-state index contributed by atoms with van der Waals surface area (Å²) in [4.78, 5) is 30.3. The highest BCUT2D eigenvalue weighted by Gasteiger charge is 2.65. The van der Waals surface area contributed by atoms with Crippen LogP contribution in [-0.2, 0) is 19.9 Å². The lowest BCUT2D eigenvalue weighted by Gasteiger charge is -2.50. The summed E-state index contributed by atoms with van der Waals surface area (Å²) in [7, 11) is 0. The standard InChI is InChI=1S/C28H25ClN2O2S/c1-26(2)17-27(3,18-12-14-19(29)15-13-18)21-10-7-11-22-24(21)31(26)25(33)28(22)30(23(32)16-34-28)20-8-5-4-6-9-20/h4-15H,16-17H2,1-3H3/t27-,28-/m0/s1. The molecule has 4 nitrogen and oxygen atoms in total. The number of amides is 2. The molecule has 3 aromatic rings. The number of rotatable bonds is 2. The van der Waals surface area contributed by atoms with Crippen LogP contribution in [0, 0.1) is 0 Å². The average molecular weight is 489 g/mol. The zero-order valence-electron chi connectivity index (χ0n) is 19.3. The van der Waals surface area contributed by atoms with Crippen LogP contribution in [0.2, 0.25) is 5.02 Å². The van der Waals surface area contributed by atoms with Crippen molar-refractivity contribution in [3.63, 3.8) is 0 Å². The molecule has 3 aliphatic rings. The number of benzene rings is 3. The Bertz CT molecular complexity index is 1340. The van der Waals surface area contributed by atoms with E-state index in [9.17, 15) is 9.59 Å². The number of fused-ring (bicyclic) bond motifs is 1. The Labute approximate surface area is 208 Å². The van der Waals surface area contributed by atoms with Gasteiger partial charge in [-0.05, 0) is 55.7 Å². The molecule has 0 saturated carbocycles. The van der Waals surface area contributed by atoms with Crippen LogP contribution < -0.4 is 9.80 Å². The Balaban J connectivity index is 1.63. The lowest BCUT2D eigenvalue weighted by Crippen LogP contribution is -2.58. The van der Waals surface area contributed by atoms with Crippen LogP contribution in [0.15, 0.2) is 72.8 Å². The highest BCUT2D eigenvalue weighted by Crippen LogP contribution is 2.62. The zero-order chi connectivity index (χ0) is 23.9. The summed E-state index contributed by atoms with van der Waals surface area (Å²) in [5, 5.41) is 0.704. The van der Waals surface area contributed by atoms with Gasteiger partial charge in [0.25, 0.3) is 5.91 Å². The van der Waals surface area contributed by atoms with E-state index in [0.29, 0.717) is 5.02 Å². The van der Waals surface area contributed by atoms with Crippen molar-refractivity contribution < 1.29 is 9.59 Å². The minimum atomic E-state index is -1.09. The number of hydrogen-bond acceptors (Lipinski definition) is 3. The molecule has 0 N–H and O–H groups in total. The lowest BCUT2D eigenvalue weighted by atomic mass is 9.65. The summed E-state index contributed by atoms with van der Waals surface area (Å²) in [6, 6.07) is 23.8. The number of hydrogen-bond donors (Lipinski definition) is 0. The van der Waals surface area contributed by atoms with E-state index in [-0.39, 0.29) is 23.0 Å². The van der Waals surface area contributed by atoms with Gasteiger partial charge in [-0.3, -0.25) is 14.5 Å². The fraction of sp³-hybridized carbons (Fsp3) is 0.286. The van der Waals surface area contributed by atoms with Crippen LogP contribution in [0.4, 0.5) is 11.4 Å². The van der Waals surface area contributed by atoms with Crippen molar-refractivity contribution >= 4 is 46.6 Å². The third-order valence-corrected chi connectivity index (χ3v) is 9.21. The second-order valence-electron chi connectivity index (χ2n) is 10.2. The van der Waals surface area contributed by atoms with Gasteiger partial charge in [-0.15, -0.1) is 11.8 Å². The van der Waals surface area contributed by atoms with Crippen molar-refractivity contribution in [1.82, 2.24) is 0 Å². The summed E-state index contributed by atoms with van der Waals surface area (Å²) < 4.78 is 0. The largest absolute Gasteiger partial charge is 0.303 e. The monoisotopic (exact) mass is 488 g/mol. The first-order valence-corrected chi connectivity index (χ1v) is 12.8. The Kier molecular flexibility index (Phi) is 4.56. The second-order valence-corrected chi connectivity index (χ2v) is 11.8. The highest BCUT2D eigenvalue weighted by molar-refractivity contribution is 8.02. The molecule has 0 aliphatic carbocycles. The Morgan fingerprint density at radius 3 is 2.21 bits per heavy atom. The molecule has 0 bridgehead atoms. The number of carbonyl (C=O) groups excluding carboxylic acids is 2. The topological polar surface area (TPSA) is 40.6 Å². The number of halogens is 1. The molecular weight excluding hydrogens is 464 g/mol. The van der Waals surface area contributed by atoms with Crippen LogP contribution in [0.3, 0.4) is 0 Å². The first-order chi connectivity index (χ1) is 16.2. The van der Waals surface area contributed by atoms with Crippen LogP contribution in [-0.4, -0.2) is 23.1 Å². The predicted octanol–water partition coefficient (Wildman–Crippen LogP) is 6.11. The maximum atomic E-state index is 14.4. The van der Waals surface area contributed by atoms with Gasteiger partial charge in [0.05, 0.1) is 11.4 Å². The SMILES string of the molecule is CC1(C)C[C@@](C)(c2ccc(Cl)cc2)c2cccc3c2N1C(=O)[C@@]31SCC(=O)N1c1ccccc1. The van der Waals surface area contributed by atoms with Gasteiger partial charge in [-0.1, -0.05) is 67.1 Å². The van der Waals surface area contributed by atoms with Gasteiger partial charge in [0.1, 0.15) is 0 Å². The molecule has 6 heteroatoms. The smallest absolute Gasteiger partial charge is 0.269 e. The molecule has 0 aromatic heterocycles. The zero-order valence-corrected chi connectivity index (χ0v) is 20.9. The quantitative estimate of drug-likeness (QED) is 0.437. The molecule has 0 unspecified atom stereocenters. The predicted molar refractivity (Wildman–Crippen MR) is 139 cm³/mol. The van der Waals surface area contributed by atoms with Crippen molar-refractivity contribution in [2.45, 2.75) is 43.0 Å². The molecular formula is C28H25ClN2O2S. The highest BCUT2D eigenvalue weighted by atomic mass is 35.5. The molecule has 3 heterocycles.